The van der Waals surface area contributed by atoms with Crippen molar-refractivity contribution in [1.29, 1.82) is 0 Å². The number of likely N-dealkylation sites (tertiary alicyclic amines) is 1. The summed E-state index contributed by atoms with van der Waals surface area (Å²) in [5, 5.41) is 29.7. The molecular formula is C34H45N5O8. The predicted molar refractivity (Wildman–Crippen MR) is 174 cm³/mol. The maximum Gasteiger partial charge on any atom is 0.408 e. The molecule has 2 aromatic rings. The van der Waals surface area contributed by atoms with Gasteiger partial charge in [-0.3, -0.25) is 24.5 Å². The summed E-state index contributed by atoms with van der Waals surface area (Å²) in [5.74, 6) is -1.42. The van der Waals surface area contributed by atoms with Gasteiger partial charge >= 0.3 is 6.09 Å². The molecule has 1 fully saturated rings. The van der Waals surface area contributed by atoms with Crippen molar-refractivity contribution >= 4 is 29.5 Å². The first-order valence-electron chi connectivity index (χ1n) is 16.1. The number of aliphatic hydroxyl groups is 1. The molecule has 4 rings (SSSR count). The van der Waals surface area contributed by atoms with Gasteiger partial charge in [0.2, 0.25) is 24.3 Å². The zero-order chi connectivity index (χ0) is 34.1. The van der Waals surface area contributed by atoms with Crippen LogP contribution >= 0.6 is 0 Å². The largest absolute Gasteiger partial charge is 0.444 e. The number of alkyl carbamates (subject to hydrolysis) is 1. The number of fused-ring (bicyclic) bond motifs is 1. The molecule has 2 aromatic carbocycles. The molecule has 1 aliphatic carbocycles. The van der Waals surface area contributed by atoms with Crippen molar-refractivity contribution in [3.05, 3.63) is 75.3 Å². The van der Waals surface area contributed by atoms with Crippen LogP contribution in [0.2, 0.25) is 0 Å². The highest BCUT2D eigenvalue weighted by Gasteiger charge is 2.43. The number of aryl methyl sites for hydroxylation is 3. The lowest BCUT2D eigenvalue weighted by molar-refractivity contribution is -0.490. The summed E-state index contributed by atoms with van der Waals surface area (Å²) in [7, 11) is 0. The third-order valence-electron chi connectivity index (χ3n) is 8.19. The average molecular weight is 652 g/mol. The van der Waals surface area contributed by atoms with E-state index in [-0.39, 0.29) is 25.3 Å². The molecule has 4 atom stereocenters. The number of ether oxygens (including phenoxy) is 1. The van der Waals surface area contributed by atoms with E-state index in [1.165, 1.54) is 10.5 Å². The third-order valence-corrected chi connectivity index (χ3v) is 8.19. The number of anilines is 1. The zero-order valence-electron chi connectivity index (χ0n) is 27.2. The number of rotatable bonds is 13. The van der Waals surface area contributed by atoms with Crippen LogP contribution in [0.1, 0.15) is 69.6 Å². The Morgan fingerprint density at radius 2 is 1.81 bits per heavy atom. The summed E-state index contributed by atoms with van der Waals surface area (Å²) in [6.07, 6.45) is 1.64. The SMILES string of the molecule is CC(C)(C)OC(=O)NC(C[C@H](O)C[N+](=O)[O-])C(=O)N1C[C@H](NC(=O)CCCc2ccccc2)C[C@H]1C(=O)Nc1ccc2c(c1)CCC2. The number of hydrogen-bond donors (Lipinski definition) is 4. The Balaban J connectivity index is 1.51. The highest BCUT2D eigenvalue weighted by atomic mass is 16.6. The lowest BCUT2D eigenvalue weighted by atomic mass is 10.1. The molecule has 0 aromatic heterocycles. The smallest absolute Gasteiger partial charge is 0.408 e. The van der Waals surface area contributed by atoms with Crippen LogP contribution in [0, 0.1) is 10.1 Å². The van der Waals surface area contributed by atoms with Gasteiger partial charge in [-0.1, -0.05) is 36.4 Å². The Kier molecular flexibility index (Phi) is 11.9. The Hall–Kier alpha value is -4.52. The molecule has 0 bridgehead atoms. The minimum Gasteiger partial charge on any atom is -0.444 e. The average Bonchev–Trinajstić information content (AvgIpc) is 3.62. The molecule has 47 heavy (non-hydrogen) atoms. The molecule has 0 spiro atoms. The fourth-order valence-corrected chi connectivity index (χ4v) is 6.10. The van der Waals surface area contributed by atoms with E-state index in [2.05, 4.69) is 16.0 Å². The van der Waals surface area contributed by atoms with E-state index in [0.717, 1.165) is 36.8 Å². The monoisotopic (exact) mass is 651 g/mol. The molecule has 1 unspecified atom stereocenters. The Morgan fingerprint density at radius 1 is 1.09 bits per heavy atom. The van der Waals surface area contributed by atoms with Crippen LogP contribution in [0.15, 0.2) is 48.5 Å². The summed E-state index contributed by atoms with van der Waals surface area (Å²) < 4.78 is 5.30. The Bertz CT molecular complexity index is 1440. The van der Waals surface area contributed by atoms with E-state index in [1.54, 1.807) is 20.8 Å². The van der Waals surface area contributed by atoms with Crippen molar-refractivity contribution in [2.24, 2.45) is 0 Å². The quantitative estimate of drug-likeness (QED) is 0.188. The van der Waals surface area contributed by atoms with E-state index in [0.29, 0.717) is 12.1 Å². The second-order valence-electron chi connectivity index (χ2n) is 13.3. The lowest BCUT2D eigenvalue weighted by Crippen LogP contribution is -2.54. The van der Waals surface area contributed by atoms with Gasteiger partial charge in [-0.15, -0.1) is 0 Å². The van der Waals surface area contributed by atoms with E-state index >= 15 is 0 Å². The summed E-state index contributed by atoms with van der Waals surface area (Å²) in [6, 6.07) is 12.5. The van der Waals surface area contributed by atoms with Crippen LogP contribution < -0.4 is 16.0 Å². The van der Waals surface area contributed by atoms with Crippen molar-refractivity contribution in [3.8, 4) is 0 Å². The number of nitrogens with one attached hydrogen (secondary N) is 3. The molecule has 0 radical (unpaired) electrons. The predicted octanol–water partition coefficient (Wildman–Crippen LogP) is 3.14. The number of carbonyl (C=O) groups excluding carboxylic acids is 4. The summed E-state index contributed by atoms with van der Waals surface area (Å²) in [5.41, 5.74) is 3.19. The standard InChI is InChI=1S/C34H45N5O8/c1-34(2,3)47-33(44)37-28(19-27(40)21-39(45)46)32(43)38-20-26(35-30(41)14-7-11-22-9-5-4-6-10-22)18-29(38)31(42)36-25-16-15-23-12-8-13-24(23)17-25/h4-6,9-10,15-17,26-29,40H,7-8,11-14,18-21H2,1-3H3,(H,35,41)(H,36,42)(H,37,44)/t26-,27+,28?,29+/m1/s1. The van der Waals surface area contributed by atoms with Crippen LogP contribution in [-0.2, 0) is 38.4 Å². The Morgan fingerprint density at radius 3 is 2.51 bits per heavy atom. The first kappa shape index (κ1) is 35.3. The molecule has 13 nitrogen and oxygen atoms in total. The maximum absolute atomic E-state index is 14.0. The lowest BCUT2D eigenvalue weighted by Gasteiger charge is -2.30. The Labute approximate surface area is 274 Å². The number of amides is 4. The van der Waals surface area contributed by atoms with Gasteiger partial charge in [0, 0.05) is 36.0 Å². The highest BCUT2D eigenvalue weighted by Crippen LogP contribution is 2.27. The summed E-state index contributed by atoms with van der Waals surface area (Å²) in [6.45, 7) is 4.03. The minimum absolute atomic E-state index is 0.0383. The molecule has 2 aliphatic rings. The molecule has 1 aliphatic heterocycles. The molecular weight excluding hydrogens is 606 g/mol. The van der Waals surface area contributed by atoms with Crippen molar-refractivity contribution in [2.45, 2.75) is 102 Å². The van der Waals surface area contributed by atoms with Crippen molar-refractivity contribution < 1.29 is 33.9 Å². The van der Waals surface area contributed by atoms with E-state index in [4.69, 9.17) is 4.74 Å². The van der Waals surface area contributed by atoms with Crippen molar-refractivity contribution in [1.82, 2.24) is 15.5 Å². The zero-order valence-corrected chi connectivity index (χ0v) is 27.2. The van der Waals surface area contributed by atoms with Crippen molar-refractivity contribution in [2.75, 3.05) is 18.4 Å². The van der Waals surface area contributed by atoms with Gasteiger partial charge in [-0.05, 0) is 88.1 Å². The molecule has 1 saturated heterocycles. The number of nitrogens with zero attached hydrogens (tertiary/aromatic N) is 2. The number of carbonyl (C=O) groups is 4. The second-order valence-corrected chi connectivity index (χ2v) is 13.3. The molecule has 4 N–H and O–H groups in total. The van der Waals surface area contributed by atoms with Crippen molar-refractivity contribution in [3.63, 3.8) is 0 Å². The van der Waals surface area contributed by atoms with Crippen LogP contribution in [0.4, 0.5) is 10.5 Å². The van der Waals surface area contributed by atoms with Gasteiger partial charge in [0.05, 0.1) is 0 Å². The van der Waals surface area contributed by atoms with Gasteiger partial charge in [-0.2, -0.15) is 0 Å². The molecule has 4 amide bonds. The molecule has 254 valence electrons. The van der Waals surface area contributed by atoms with Gasteiger partial charge in [0.1, 0.15) is 23.8 Å². The summed E-state index contributed by atoms with van der Waals surface area (Å²) in [4.78, 5) is 65.0. The van der Waals surface area contributed by atoms with Gasteiger partial charge in [0.25, 0.3) is 0 Å². The number of benzene rings is 2. The summed E-state index contributed by atoms with van der Waals surface area (Å²) >= 11 is 0. The van der Waals surface area contributed by atoms with E-state index in [9.17, 15) is 34.4 Å². The number of hydrogen-bond acceptors (Lipinski definition) is 8. The first-order chi connectivity index (χ1) is 22.3. The number of nitro groups is 1. The maximum atomic E-state index is 14.0. The van der Waals surface area contributed by atoms with Gasteiger partial charge in [0.15, 0.2) is 0 Å². The second kappa shape index (κ2) is 15.9. The fraction of sp³-hybridized carbons (Fsp3) is 0.529. The molecule has 0 saturated carbocycles. The normalized spacial score (nSPS) is 18.5. The first-order valence-corrected chi connectivity index (χ1v) is 16.1. The van der Waals surface area contributed by atoms with Crippen LogP contribution in [-0.4, -0.2) is 81.7 Å². The van der Waals surface area contributed by atoms with Crippen LogP contribution in [0.25, 0.3) is 0 Å². The third kappa shape index (κ3) is 10.8. The van der Waals surface area contributed by atoms with Gasteiger partial charge < -0.3 is 30.7 Å². The van der Waals surface area contributed by atoms with E-state index in [1.807, 2.05) is 48.5 Å². The van der Waals surface area contributed by atoms with Crippen LogP contribution in [0.5, 0.6) is 0 Å². The highest BCUT2D eigenvalue weighted by molar-refractivity contribution is 5.99. The minimum atomic E-state index is -1.56. The van der Waals surface area contributed by atoms with Crippen LogP contribution in [0.3, 0.4) is 0 Å². The molecule has 1 heterocycles. The number of aliphatic hydroxyl groups excluding tert-OH is 1. The molecule has 13 heteroatoms. The fourth-order valence-electron chi connectivity index (χ4n) is 6.10. The topological polar surface area (TPSA) is 180 Å². The van der Waals surface area contributed by atoms with E-state index < -0.39 is 65.6 Å². The van der Waals surface area contributed by atoms with Gasteiger partial charge in [-0.25, -0.2) is 4.79 Å².